The Kier molecular flexibility index (Phi) is 5.94. The van der Waals surface area contributed by atoms with Crippen molar-refractivity contribution in [3.63, 3.8) is 0 Å². The van der Waals surface area contributed by atoms with Gasteiger partial charge in [0, 0.05) is 23.7 Å². The average molecular weight is 371 g/mol. The number of carbonyl (C=O) groups is 2. The quantitative estimate of drug-likeness (QED) is 0.885. The number of hydrogen-bond donors (Lipinski definition) is 1. The molecule has 0 bridgehead atoms. The molecule has 3 rings (SSSR count). The number of amides is 2. The van der Waals surface area contributed by atoms with E-state index in [-0.39, 0.29) is 11.8 Å². The van der Waals surface area contributed by atoms with Crippen LogP contribution in [-0.4, -0.2) is 29.3 Å². The molecule has 0 aromatic heterocycles. The Morgan fingerprint density at radius 2 is 1.88 bits per heavy atom. The number of halogens is 1. The van der Waals surface area contributed by atoms with Gasteiger partial charge in [0.2, 0.25) is 5.91 Å². The van der Waals surface area contributed by atoms with Crippen LogP contribution >= 0.6 is 11.6 Å². The highest BCUT2D eigenvalue weighted by Crippen LogP contribution is 2.18. The molecule has 2 aromatic rings. The molecule has 0 radical (unpaired) electrons. The van der Waals surface area contributed by atoms with Gasteiger partial charge in [-0.05, 0) is 55.5 Å². The second kappa shape index (κ2) is 8.37. The van der Waals surface area contributed by atoms with Crippen molar-refractivity contribution >= 4 is 23.4 Å². The molecule has 0 saturated carbocycles. The first-order valence-electron chi connectivity index (χ1n) is 8.94. The first-order valence-corrected chi connectivity index (χ1v) is 9.32. The number of hydrogen-bond acceptors (Lipinski definition) is 2. The minimum Gasteiger partial charge on any atom is -0.340 e. The molecule has 1 N–H and O–H groups in total. The van der Waals surface area contributed by atoms with Crippen LogP contribution in [0.4, 0.5) is 0 Å². The summed E-state index contributed by atoms with van der Waals surface area (Å²) in [6, 6.07) is 14.5. The van der Waals surface area contributed by atoms with Gasteiger partial charge in [0.1, 0.15) is 6.04 Å². The Balaban J connectivity index is 1.71. The number of aryl methyl sites for hydroxylation is 1. The smallest absolute Gasteiger partial charge is 0.252 e. The molecule has 1 unspecified atom stereocenters. The minimum absolute atomic E-state index is 0.0145. The third-order valence-electron chi connectivity index (χ3n) is 4.76. The first kappa shape index (κ1) is 18.5. The van der Waals surface area contributed by atoms with Crippen molar-refractivity contribution < 1.29 is 9.59 Å². The van der Waals surface area contributed by atoms with Gasteiger partial charge in [-0.2, -0.15) is 0 Å². The lowest BCUT2D eigenvalue weighted by molar-refractivity contribution is -0.133. The summed E-state index contributed by atoms with van der Waals surface area (Å²) >= 11 is 5.93. The Bertz CT molecular complexity index is 789. The van der Waals surface area contributed by atoms with Gasteiger partial charge < -0.3 is 10.2 Å². The molecule has 1 fully saturated rings. The molecule has 1 aliphatic heterocycles. The third kappa shape index (κ3) is 4.44. The van der Waals surface area contributed by atoms with Crippen molar-refractivity contribution in [2.75, 3.05) is 6.54 Å². The first-order chi connectivity index (χ1) is 12.5. The fraction of sp³-hybridized carbons (Fsp3) is 0.333. The fourth-order valence-electron chi connectivity index (χ4n) is 3.27. The van der Waals surface area contributed by atoms with Crippen molar-refractivity contribution in [3.05, 3.63) is 70.2 Å². The SMILES string of the molecule is Cc1ccccc1C(=O)NC1CCCCN(Cc2ccc(Cl)cc2)C1=O. The number of nitrogens with zero attached hydrogens (tertiary/aromatic N) is 1. The van der Waals surface area contributed by atoms with Crippen molar-refractivity contribution in [2.45, 2.75) is 38.8 Å². The van der Waals surface area contributed by atoms with Crippen molar-refractivity contribution in [3.8, 4) is 0 Å². The van der Waals surface area contributed by atoms with E-state index in [1.165, 1.54) is 0 Å². The molecule has 1 saturated heterocycles. The average Bonchev–Trinajstić information content (AvgIpc) is 2.80. The summed E-state index contributed by atoms with van der Waals surface area (Å²) < 4.78 is 0. The monoisotopic (exact) mass is 370 g/mol. The maximum Gasteiger partial charge on any atom is 0.252 e. The van der Waals surface area contributed by atoms with Crippen molar-refractivity contribution in [1.82, 2.24) is 10.2 Å². The molecule has 0 aliphatic carbocycles. The highest BCUT2D eigenvalue weighted by molar-refractivity contribution is 6.30. The molecule has 4 nitrogen and oxygen atoms in total. The normalized spacial score (nSPS) is 17.7. The summed E-state index contributed by atoms with van der Waals surface area (Å²) in [4.78, 5) is 27.4. The Hall–Kier alpha value is -2.33. The molecule has 1 aliphatic rings. The predicted octanol–water partition coefficient (Wildman–Crippen LogP) is 3.96. The molecule has 1 heterocycles. The summed E-state index contributed by atoms with van der Waals surface area (Å²) in [6.07, 6.45) is 2.53. The van der Waals surface area contributed by atoms with Crippen LogP contribution in [0.25, 0.3) is 0 Å². The molecular formula is C21H23ClN2O2. The van der Waals surface area contributed by atoms with Gasteiger partial charge in [-0.15, -0.1) is 0 Å². The van der Waals surface area contributed by atoms with Gasteiger partial charge >= 0.3 is 0 Å². The topological polar surface area (TPSA) is 49.4 Å². The van der Waals surface area contributed by atoms with Crippen LogP contribution in [0.2, 0.25) is 5.02 Å². The van der Waals surface area contributed by atoms with Gasteiger partial charge in [-0.1, -0.05) is 41.9 Å². The zero-order chi connectivity index (χ0) is 18.5. The van der Waals surface area contributed by atoms with Crippen LogP contribution in [0, 0.1) is 6.92 Å². The van der Waals surface area contributed by atoms with Gasteiger partial charge in [-0.3, -0.25) is 9.59 Å². The largest absolute Gasteiger partial charge is 0.340 e. The molecular weight excluding hydrogens is 348 g/mol. The lowest BCUT2D eigenvalue weighted by atomic mass is 10.1. The highest BCUT2D eigenvalue weighted by Gasteiger charge is 2.28. The summed E-state index contributed by atoms with van der Waals surface area (Å²) in [6.45, 7) is 3.14. The highest BCUT2D eigenvalue weighted by atomic mass is 35.5. The molecule has 0 spiro atoms. The van der Waals surface area contributed by atoms with Crippen LogP contribution in [0.1, 0.15) is 40.7 Å². The maximum atomic E-state index is 13.0. The maximum absolute atomic E-state index is 13.0. The Morgan fingerprint density at radius 3 is 2.62 bits per heavy atom. The van der Waals surface area contributed by atoms with Gasteiger partial charge in [0.25, 0.3) is 5.91 Å². The molecule has 2 amide bonds. The van der Waals surface area contributed by atoms with E-state index in [1.807, 2.05) is 54.3 Å². The van der Waals surface area contributed by atoms with Gasteiger partial charge in [0.05, 0.1) is 0 Å². The molecule has 136 valence electrons. The number of nitrogens with one attached hydrogen (secondary N) is 1. The second-order valence-corrected chi connectivity index (χ2v) is 7.16. The molecule has 26 heavy (non-hydrogen) atoms. The summed E-state index contributed by atoms with van der Waals surface area (Å²) in [5, 5.41) is 3.62. The number of carbonyl (C=O) groups excluding carboxylic acids is 2. The van der Waals surface area contributed by atoms with E-state index in [0.29, 0.717) is 30.1 Å². The fourth-order valence-corrected chi connectivity index (χ4v) is 3.40. The number of likely N-dealkylation sites (tertiary alicyclic amines) is 1. The number of rotatable bonds is 4. The second-order valence-electron chi connectivity index (χ2n) is 6.72. The zero-order valence-electron chi connectivity index (χ0n) is 14.9. The molecule has 5 heteroatoms. The van der Waals surface area contributed by atoms with Crippen LogP contribution in [0.3, 0.4) is 0 Å². The third-order valence-corrected chi connectivity index (χ3v) is 5.01. The predicted molar refractivity (Wildman–Crippen MR) is 103 cm³/mol. The molecule has 2 aromatic carbocycles. The number of benzene rings is 2. The van der Waals surface area contributed by atoms with E-state index in [4.69, 9.17) is 11.6 Å². The molecule has 1 atom stereocenters. The van der Waals surface area contributed by atoms with E-state index in [1.54, 1.807) is 6.07 Å². The van der Waals surface area contributed by atoms with Crippen molar-refractivity contribution in [2.24, 2.45) is 0 Å². The van der Waals surface area contributed by atoms with E-state index in [2.05, 4.69) is 5.32 Å². The summed E-state index contributed by atoms with van der Waals surface area (Å²) in [5.74, 6) is -0.200. The van der Waals surface area contributed by atoms with Crippen LogP contribution < -0.4 is 5.32 Å². The van der Waals surface area contributed by atoms with E-state index >= 15 is 0 Å². The summed E-state index contributed by atoms with van der Waals surface area (Å²) in [7, 11) is 0. The van der Waals surface area contributed by atoms with E-state index in [9.17, 15) is 9.59 Å². The van der Waals surface area contributed by atoms with Gasteiger partial charge in [-0.25, -0.2) is 0 Å². The standard InChI is InChI=1S/C21H23ClN2O2/c1-15-6-2-3-7-18(15)20(25)23-19-8-4-5-13-24(21(19)26)14-16-9-11-17(22)12-10-16/h2-3,6-7,9-12,19H,4-5,8,13-14H2,1H3,(H,23,25). The van der Waals surface area contributed by atoms with Crippen LogP contribution in [0.5, 0.6) is 0 Å². The Labute approximate surface area is 159 Å². The minimum atomic E-state index is -0.475. The van der Waals surface area contributed by atoms with Crippen LogP contribution in [-0.2, 0) is 11.3 Å². The summed E-state index contributed by atoms with van der Waals surface area (Å²) in [5.41, 5.74) is 2.56. The lowest BCUT2D eigenvalue weighted by Crippen LogP contribution is -2.47. The van der Waals surface area contributed by atoms with E-state index in [0.717, 1.165) is 24.0 Å². The zero-order valence-corrected chi connectivity index (χ0v) is 15.6. The van der Waals surface area contributed by atoms with E-state index < -0.39 is 6.04 Å². The lowest BCUT2D eigenvalue weighted by Gasteiger charge is -2.25. The van der Waals surface area contributed by atoms with Crippen molar-refractivity contribution in [1.29, 1.82) is 0 Å². The van der Waals surface area contributed by atoms with Gasteiger partial charge in [0.15, 0.2) is 0 Å². The Morgan fingerprint density at radius 1 is 1.15 bits per heavy atom. The van der Waals surface area contributed by atoms with Crippen LogP contribution in [0.15, 0.2) is 48.5 Å².